The van der Waals surface area contributed by atoms with Crippen LogP contribution < -0.4 is 21.2 Å². The molecule has 0 radical (unpaired) electrons. The van der Waals surface area contributed by atoms with Crippen LogP contribution in [0.4, 0.5) is 4.79 Å². The number of alkyl halides is 1. The second-order valence-electron chi connectivity index (χ2n) is 0.979. The van der Waals surface area contributed by atoms with Crippen molar-refractivity contribution in [2.45, 2.75) is 0 Å². The van der Waals surface area contributed by atoms with Gasteiger partial charge in [0.05, 0.1) is 0 Å². The van der Waals surface area contributed by atoms with Crippen molar-refractivity contribution in [1.82, 2.24) is 0 Å². The van der Waals surface area contributed by atoms with Gasteiger partial charge in [-0.05, 0) is 0 Å². The van der Waals surface area contributed by atoms with Gasteiger partial charge >= 0.3 is 49.9 Å². The number of ether oxygens (including phenoxy) is 1. The van der Waals surface area contributed by atoms with E-state index in [1.165, 1.54) is 0 Å². The maximum absolute atomic E-state index is 10.1. The molecular weight excluding hydrogens is 211 g/mol. The molecule has 3 nitrogen and oxygen atoms in total. The summed E-state index contributed by atoms with van der Waals surface area (Å²) in [4.78, 5) is 20.1. The topological polar surface area (TPSA) is 43.4 Å². The van der Waals surface area contributed by atoms with Gasteiger partial charge in [0, 0.05) is 0 Å². The standard InChI is InChI=1S/C3H2IO3/c5-2-1-4-3(6)7-2/h1H2/q-1. The quantitative estimate of drug-likeness (QED) is 0.139. The summed E-state index contributed by atoms with van der Waals surface area (Å²) in [5.41, 5.74) is 0. The fourth-order valence-electron chi connectivity index (χ4n) is 0.253. The monoisotopic (exact) mass is 213 g/mol. The van der Waals surface area contributed by atoms with Crippen molar-refractivity contribution >= 4 is 9.95 Å². The summed E-state index contributed by atoms with van der Waals surface area (Å²) >= 11 is -0.571. The van der Waals surface area contributed by atoms with Crippen LogP contribution in [0.2, 0.25) is 0 Å². The van der Waals surface area contributed by atoms with Crippen LogP contribution in [0.5, 0.6) is 0 Å². The number of carbonyl (C=O) groups excluding carboxylic acids is 2. The second-order valence-corrected chi connectivity index (χ2v) is 3.39. The van der Waals surface area contributed by atoms with Gasteiger partial charge in [-0.3, -0.25) is 0 Å². The Morgan fingerprint density at radius 2 is 2.29 bits per heavy atom. The molecule has 0 aliphatic carbocycles. The Morgan fingerprint density at radius 3 is 2.43 bits per heavy atom. The van der Waals surface area contributed by atoms with Gasteiger partial charge in [0.1, 0.15) is 0 Å². The van der Waals surface area contributed by atoms with Crippen LogP contribution >= 0.6 is 0 Å². The van der Waals surface area contributed by atoms with Crippen LogP contribution in [0.25, 0.3) is 0 Å². The third-order valence-corrected chi connectivity index (χ3v) is 2.33. The molecule has 1 fully saturated rings. The van der Waals surface area contributed by atoms with Gasteiger partial charge in [0.2, 0.25) is 0 Å². The molecule has 40 valence electrons. The number of halogens is 1. The molecule has 0 saturated carbocycles. The molecule has 1 saturated heterocycles. The molecule has 0 amide bonds. The van der Waals surface area contributed by atoms with E-state index < -0.39 is 21.2 Å². The Hall–Kier alpha value is -0.130. The fourth-order valence-corrected chi connectivity index (χ4v) is 1.43. The van der Waals surface area contributed by atoms with Gasteiger partial charge in [-0.15, -0.1) is 0 Å². The first-order valence-corrected chi connectivity index (χ1v) is 4.23. The van der Waals surface area contributed by atoms with E-state index in [-0.39, 0.29) is 9.95 Å². The van der Waals surface area contributed by atoms with Crippen LogP contribution in [-0.2, 0) is 9.53 Å². The Kier molecular flexibility index (Phi) is 1.27. The summed E-state index contributed by atoms with van der Waals surface area (Å²) < 4.78 is 4.22. The van der Waals surface area contributed by atoms with Gasteiger partial charge in [0.15, 0.2) is 0 Å². The molecule has 1 heterocycles. The molecule has 1 aliphatic heterocycles. The number of esters is 1. The Bertz CT molecular complexity index is 105. The Morgan fingerprint density at radius 1 is 1.57 bits per heavy atom. The minimum absolute atomic E-state index is 0.288. The third-order valence-electron chi connectivity index (χ3n) is 0.479. The van der Waals surface area contributed by atoms with Crippen molar-refractivity contribution in [2.75, 3.05) is 4.43 Å². The van der Waals surface area contributed by atoms with Crippen LogP contribution in [0.15, 0.2) is 0 Å². The van der Waals surface area contributed by atoms with E-state index in [0.717, 1.165) is 0 Å². The first-order valence-electron chi connectivity index (χ1n) is 1.63. The van der Waals surface area contributed by atoms with Crippen LogP contribution in [0.3, 0.4) is 0 Å². The zero-order valence-corrected chi connectivity index (χ0v) is 5.47. The van der Waals surface area contributed by atoms with Gasteiger partial charge in [-0.2, -0.15) is 0 Å². The van der Waals surface area contributed by atoms with E-state index in [4.69, 9.17) is 0 Å². The first kappa shape index (κ1) is 5.02. The average molecular weight is 213 g/mol. The van der Waals surface area contributed by atoms with Crippen molar-refractivity contribution < 1.29 is 35.5 Å². The second kappa shape index (κ2) is 1.77. The summed E-state index contributed by atoms with van der Waals surface area (Å²) in [5.74, 6) is -0.349. The van der Waals surface area contributed by atoms with E-state index in [2.05, 4.69) is 4.74 Å². The number of cyclic esters (lactones) is 2. The summed E-state index contributed by atoms with van der Waals surface area (Å²) in [6, 6.07) is 0. The predicted octanol–water partition coefficient (Wildman–Crippen LogP) is -3.25. The molecule has 0 spiro atoms. The van der Waals surface area contributed by atoms with Crippen molar-refractivity contribution in [3.8, 4) is 0 Å². The zero-order valence-electron chi connectivity index (χ0n) is 3.31. The van der Waals surface area contributed by atoms with Crippen molar-refractivity contribution in [1.29, 1.82) is 0 Å². The van der Waals surface area contributed by atoms with Crippen LogP contribution in [0, 0.1) is 0 Å². The van der Waals surface area contributed by atoms with Gasteiger partial charge in [-0.25, -0.2) is 0 Å². The summed E-state index contributed by atoms with van der Waals surface area (Å²) in [7, 11) is 0. The van der Waals surface area contributed by atoms with Gasteiger partial charge < -0.3 is 0 Å². The molecule has 7 heavy (non-hydrogen) atoms. The number of carbonyl (C=O) groups is 2. The number of hydrogen-bond donors (Lipinski definition) is 0. The third kappa shape index (κ3) is 1.12. The Labute approximate surface area is 50.3 Å². The Balaban J connectivity index is 2.55. The van der Waals surface area contributed by atoms with Crippen LogP contribution in [-0.4, -0.2) is 14.4 Å². The summed E-state index contributed by atoms with van der Waals surface area (Å²) in [6.07, 6.45) is 0. The number of hydrogen-bond acceptors (Lipinski definition) is 3. The minimum atomic E-state index is -0.571. The van der Waals surface area contributed by atoms with Crippen molar-refractivity contribution in [3.05, 3.63) is 0 Å². The molecule has 4 heteroatoms. The number of rotatable bonds is 0. The van der Waals surface area contributed by atoms with Crippen LogP contribution in [0.1, 0.15) is 0 Å². The van der Waals surface area contributed by atoms with E-state index in [0.29, 0.717) is 4.43 Å². The molecule has 0 unspecified atom stereocenters. The molecule has 0 N–H and O–H groups in total. The SMILES string of the molecule is O=C1C[I-]C(=O)O1. The van der Waals surface area contributed by atoms with E-state index in [1.807, 2.05) is 0 Å². The summed E-state index contributed by atoms with van der Waals surface area (Å²) in [5, 5.41) is 0. The van der Waals surface area contributed by atoms with E-state index in [1.54, 1.807) is 0 Å². The van der Waals surface area contributed by atoms with E-state index >= 15 is 0 Å². The molecule has 0 bridgehead atoms. The van der Waals surface area contributed by atoms with Gasteiger partial charge in [-0.1, -0.05) is 0 Å². The maximum atomic E-state index is 10.1. The van der Waals surface area contributed by atoms with Gasteiger partial charge in [0.25, 0.3) is 0 Å². The van der Waals surface area contributed by atoms with Crippen molar-refractivity contribution in [2.24, 2.45) is 0 Å². The normalized spacial score (nSPS) is 21.1. The molecule has 0 atom stereocenters. The average Bonchev–Trinajstić information content (AvgIpc) is 1.87. The first-order chi connectivity index (χ1) is 3.29. The molecule has 1 rings (SSSR count). The molecule has 0 aromatic heterocycles. The molecular formula is C3H2IO3-. The molecule has 0 aromatic rings. The van der Waals surface area contributed by atoms with E-state index in [9.17, 15) is 9.59 Å². The fraction of sp³-hybridized carbons (Fsp3) is 0.333. The molecule has 1 aliphatic rings. The predicted molar refractivity (Wildman–Crippen MR) is 16.4 cm³/mol. The summed E-state index contributed by atoms with van der Waals surface area (Å²) in [6.45, 7) is 0. The zero-order chi connectivity index (χ0) is 5.28. The molecule has 0 aromatic carbocycles. The van der Waals surface area contributed by atoms with Crippen molar-refractivity contribution in [3.63, 3.8) is 0 Å².